The number of aromatic nitrogens is 1. The Kier molecular flexibility index (Phi) is 5.81. The monoisotopic (exact) mass is 449 g/mol. The number of ether oxygens (including phenoxy) is 3. The standard InChI is InChI=1S/C25H27N3O5/c1-2-31-25(30)16-4-3-9-28(14-16)20-7-5-19(6-8-20)26-13-18-10-17-11-22-23(33-15-32-22)12-21(17)27-24(18)29/h5-8,10-12,16,26H,2-4,9,13-15H2,1H3,(H,27,29)/t16-/m0/s1. The van der Waals surface area contributed by atoms with Crippen molar-refractivity contribution < 1.29 is 19.0 Å². The summed E-state index contributed by atoms with van der Waals surface area (Å²) in [4.78, 5) is 29.8. The smallest absolute Gasteiger partial charge is 0.310 e. The maximum Gasteiger partial charge on any atom is 0.310 e. The van der Waals surface area contributed by atoms with E-state index in [2.05, 4.69) is 15.2 Å². The lowest BCUT2D eigenvalue weighted by molar-refractivity contribution is -0.148. The van der Waals surface area contributed by atoms with Crippen molar-refractivity contribution >= 4 is 28.2 Å². The van der Waals surface area contributed by atoms with Crippen molar-refractivity contribution in [3.05, 3.63) is 58.4 Å². The number of piperidine rings is 1. The average molecular weight is 450 g/mol. The van der Waals surface area contributed by atoms with E-state index in [-0.39, 0.29) is 24.2 Å². The Hall–Kier alpha value is -3.68. The first-order valence-corrected chi connectivity index (χ1v) is 11.3. The van der Waals surface area contributed by atoms with Crippen LogP contribution in [-0.2, 0) is 16.1 Å². The van der Waals surface area contributed by atoms with E-state index < -0.39 is 0 Å². The third-order valence-corrected chi connectivity index (χ3v) is 6.17. The molecule has 0 radical (unpaired) electrons. The lowest BCUT2D eigenvalue weighted by Crippen LogP contribution is -2.39. The Morgan fingerprint density at radius 2 is 1.97 bits per heavy atom. The maximum atomic E-state index is 12.5. The molecule has 33 heavy (non-hydrogen) atoms. The van der Waals surface area contributed by atoms with Crippen LogP contribution in [0.4, 0.5) is 11.4 Å². The van der Waals surface area contributed by atoms with E-state index in [0.717, 1.165) is 41.7 Å². The van der Waals surface area contributed by atoms with Crippen LogP contribution in [0, 0.1) is 5.92 Å². The van der Waals surface area contributed by atoms with Crippen LogP contribution in [0.5, 0.6) is 11.5 Å². The van der Waals surface area contributed by atoms with Crippen molar-refractivity contribution in [2.45, 2.75) is 26.3 Å². The molecule has 0 unspecified atom stereocenters. The average Bonchev–Trinajstić information content (AvgIpc) is 3.29. The Bertz CT molecular complexity index is 1220. The Balaban J connectivity index is 1.25. The van der Waals surface area contributed by atoms with Crippen molar-refractivity contribution in [2.75, 3.05) is 36.7 Å². The molecule has 1 aromatic heterocycles. The van der Waals surface area contributed by atoms with Crippen LogP contribution >= 0.6 is 0 Å². The number of nitrogens with one attached hydrogen (secondary N) is 2. The first kappa shape index (κ1) is 21.2. The van der Waals surface area contributed by atoms with Crippen LogP contribution in [0.2, 0.25) is 0 Å². The summed E-state index contributed by atoms with van der Waals surface area (Å²) in [7, 11) is 0. The second-order valence-electron chi connectivity index (χ2n) is 8.35. The van der Waals surface area contributed by atoms with Gasteiger partial charge in [0.2, 0.25) is 6.79 Å². The quantitative estimate of drug-likeness (QED) is 0.555. The summed E-state index contributed by atoms with van der Waals surface area (Å²) in [6.45, 7) is 4.45. The fourth-order valence-electron chi connectivity index (χ4n) is 4.42. The summed E-state index contributed by atoms with van der Waals surface area (Å²) in [5.41, 5.74) is 3.22. The predicted octanol–water partition coefficient (Wildman–Crippen LogP) is 3.65. The highest BCUT2D eigenvalue weighted by Crippen LogP contribution is 2.35. The largest absolute Gasteiger partial charge is 0.466 e. The van der Waals surface area contributed by atoms with Crippen LogP contribution < -0.4 is 25.2 Å². The van der Waals surface area contributed by atoms with Crippen LogP contribution in [0.3, 0.4) is 0 Å². The number of pyridine rings is 1. The molecule has 8 heteroatoms. The van der Waals surface area contributed by atoms with Crippen molar-refractivity contribution in [3.63, 3.8) is 0 Å². The molecular weight excluding hydrogens is 422 g/mol. The molecule has 2 aliphatic rings. The molecule has 2 N–H and O–H groups in total. The highest BCUT2D eigenvalue weighted by molar-refractivity contribution is 5.83. The zero-order valence-corrected chi connectivity index (χ0v) is 18.6. The summed E-state index contributed by atoms with van der Waals surface area (Å²) >= 11 is 0. The van der Waals surface area contributed by atoms with Crippen LogP contribution in [0.1, 0.15) is 25.3 Å². The molecule has 1 atom stereocenters. The third-order valence-electron chi connectivity index (χ3n) is 6.17. The molecule has 172 valence electrons. The molecule has 1 fully saturated rings. The fraction of sp³-hybridized carbons (Fsp3) is 0.360. The summed E-state index contributed by atoms with van der Waals surface area (Å²) < 4.78 is 16.0. The number of anilines is 2. The van der Waals surface area contributed by atoms with Gasteiger partial charge in [0.05, 0.1) is 18.0 Å². The van der Waals surface area contributed by atoms with Gasteiger partial charge in [-0.3, -0.25) is 9.59 Å². The Morgan fingerprint density at radius 1 is 1.18 bits per heavy atom. The van der Waals surface area contributed by atoms with Crippen molar-refractivity contribution in [2.24, 2.45) is 5.92 Å². The van der Waals surface area contributed by atoms with Gasteiger partial charge in [-0.1, -0.05) is 0 Å². The number of esters is 1. The number of carbonyl (C=O) groups excluding carboxylic acids is 1. The number of aromatic amines is 1. The van der Waals surface area contributed by atoms with E-state index in [9.17, 15) is 9.59 Å². The molecule has 5 rings (SSSR count). The summed E-state index contributed by atoms with van der Waals surface area (Å²) in [5.74, 6) is 1.15. The number of hydrogen-bond acceptors (Lipinski definition) is 7. The van der Waals surface area contributed by atoms with Gasteiger partial charge in [0, 0.05) is 48.0 Å². The Labute approximate surface area is 191 Å². The third kappa shape index (κ3) is 4.46. The van der Waals surface area contributed by atoms with Crippen molar-refractivity contribution in [1.82, 2.24) is 4.98 Å². The van der Waals surface area contributed by atoms with Crippen LogP contribution in [0.15, 0.2) is 47.3 Å². The minimum Gasteiger partial charge on any atom is -0.466 e. The number of rotatable bonds is 6. The molecule has 0 aliphatic carbocycles. The van der Waals surface area contributed by atoms with Gasteiger partial charge >= 0.3 is 5.97 Å². The topological polar surface area (TPSA) is 92.9 Å². The number of fused-ring (bicyclic) bond motifs is 2. The zero-order chi connectivity index (χ0) is 22.8. The van der Waals surface area contributed by atoms with E-state index in [1.54, 1.807) is 6.07 Å². The highest BCUT2D eigenvalue weighted by atomic mass is 16.7. The lowest BCUT2D eigenvalue weighted by Gasteiger charge is -2.33. The first-order chi connectivity index (χ1) is 16.1. The molecule has 0 bridgehead atoms. The molecule has 0 spiro atoms. The molecule has 0 amide bonds. The van der Waals surface area contributed by atoms with Crippen molar-refractivity contribution in [1.29, 1.82) is 0 Å². The molecule has 2 aliphatic heterocycles. The molecule has 3 aromatic rings. The van der Waals surface area contributed by atoms with E-state index in [0.29, 0.717) is 36.8 Å². The molecule has 3 heterocycles. The van der Waals surface area contributed by atoms with E-state index in [4.69, 9.17) is 14.2 Å². The Morgan fingerprint density at radius 3 is 2.76 bits per heavy atom. The normalized spacial score (nSPS) is 17.2. The van der Waals surface area contributed by atoms with Gasteiger partial charge in [-0.05, 0) is 56.2 Å². The van der Waals surface area contributed by atoms with Gasteiger partial charge in [-0.15, -0.1) is 0 Å². The highest BCUT2D eigenvalue weighted by Gasteiger charge is 2.27. The molecule has 8 nitrogen and oxygen atoms in total. The maximum absolute atomic E-state index is 12.5. The van der Waals surface area contributed by atoms with Gasteiger partial charge in [0.25, 0.3) is 5.56 Å². The molecule has 1 saturated heterocycles. The number of benzene rings is 2. The van der Waals surface area contributed by atoms with Crippen molar-refractivity contribution in [3.8, 4) is 11.5 Å². The predicted molar refractivity (Wildman–Crippen MR) is 126 cm³/mol. The van der Waals surface area contributed by atoms with E-state index in [1.165, 1.54) is 0 Å². The number of hydrogen-bond donors (Lipinski definition) is 2. The lowest BCUT2D eigenvalue weighted by atomic mass is 9.97. The van der Waals surface area contributed by atoms with Gasteiger partial charge in [0.1, 0.15) is 0 Å². The number of nitrogens with zero attached hydrogens (tertiary/aromatic N) is 1. The summed E-state index contributed by atoms with van der Waals surface area (Å²) in [5, 5.41) is 4.22. The van der Waals surface area contributed by atoms with Gasteiger partial charge in [-0.25, -0.2) is 0 Å². The number of H-pyrrole nitrogens is 1. The zero-order valence-electron chi connectivity index (χ0n) is 18.6. The van der Waals surface area contributed by atoms with Gasteiger partial charge in [-0.2, -0.15) is 0 Å². The number of carbonyl (C=O) groups is 1. The second kappa shape index (κ2) is 9.05. The fourth-order valence-corrected chi connectivity index (χ4v) is 4.42. The minimum atomic E-state index is -0.135. The van der Waals surface area contributed by atoms with Crippen LogP contribution in [0.25, 0.3) is 10.9 Å². The second-order valence-corrected chi connectivity index (χ2v) is 8.35. The SMILES string of the molecule is CCOC(=O)[C@H]1CCCN(c2ccc(NCc3cc4cc5c(cc4[nH]c3=O)OCO5)cc2)C1. The van der Waals surface area contributed by atoms with Gasteiger partial charge in [0.15, 0.2) is 11.5 Å². The molecule has 0 saturated carbocycles. The minimum absolute atomic E-state index is 0.0747. The van der Waals surface area contributed by atoms with E-state index >= 15 is 0 Å². The molecular formula is C25H27N3O5. The van der Waals surface area contributed by atoms with Gasteiger partial charge < -0.3 is 29.4 Å². The van der Waals surface area contributed by atoms with Crippen LogP contribution in [-0.4, -0.2) is 37.4 Å². The molecule has 2 aromatic carbocycles. The summed E-state index contributed by atoms with van der Waals surface area (Å²) in [6.07, 6.45) is 1.84. The first-order valence-electron chi connectivity index (χ1n) is 11.3. The summed E-state index contributed by atoms with van der Waals surface area (Å²) in [6, 6.07) is 13.6. The van der Waals surface area contributed by atoms with E-state index in [1.807, 2.05) is 43.3 Å².